The van der Waals surface area contributed by atoms with Crippen LogP contribution >= 0.6 is 24.0 Å². The predicted molar refractivity (Wildman–Crippen MR) is 42.9 cm³/mol. The minimum absolute atomic E-state index is 1.08. The summed E-state index contributed by atoms with van der Waals surface area (Å²) in [6.45, 7) is 4.00. The van der Waals surface area contributed by atoms with E-state index in [-0.39, 0.29) is 0 Å². The highest BCUT2D eigenvalue weighted by Crippen LogP contribution is 2.11. The molecule has 8 heavy (non-hydrogen) atoms. The van der Waals surface area contributed by atoms with Gasteiger partial charge in [0.1, 0.15) is 0 Å². The van der Waals surface area contributed by atoms with Crippen molar-refractivity contribution >= 4 is 24.0 Å². The van der Waals surface area contributed by atoms with Crippen molar-refractivity contribution in [2.75, 3.05) is 0 Å². The summed E-state index contributed by atoms with van der Waals surface area (Å²) in [6.07, 6.45) is 0. The molecule has 2 heteroatoms. The van der Waals surface area contributed by atoms with E-state index in [2.05, 4.69) is 12.6 Å². The van der Waals surface area contributed by atoms with Crippen LogP contribution in [0.3, 0.4) is 0 Å². The van der Waals surface area contributed by atoms with Crippen molar-refractivity contribution in [1.29, 1.82) is 0 Å². The van der Waals surface area contributed by atoms with E-state index >= 15 is 0 Å². The van der Waals surface area contributed by atoms with E-state index in [1.807, 2.05) is 31.4 Å². The molecule has 1 aromatic heterocycles. The second-order valence-corrected chi connectivity index (χ2v) is 2.68. The van der Waals surface area contributed by atoms with Crippen LogP contribution in [0.1, 0.15) is 13.8 Å². The predicted octanol–water partition coefficient (Wildman–Crippen LogP) is 3.06. The zero-order chi connectivity index (χ0) is 6.41. The molecule has 0 aromatic carbocycles. The Morgan fingerprint density at radius 1 is 1.50 bits per heavy atom. The first-order chi connectivity index (χ1) is 3.89. The number of thiol groups is 1. The molecule has 46 valence electrons. The molecule has 0 fully saturated rings. The van der Waals surface area contributed by atoms with Crippen LogP contribution in [0.4, 0.5) is 0 Å². The maximum absolute atomic E-state index is 4.05. The lowest BCUT2D eigenvalue weighted by atomic mass is 10.7. The van der Waals surface area contributed by atoms with Crippen molar-refractivity contribution in [3.05, 3.63) is 17.5 Å². The van der Waals surface area contributed by atoms with Crippen LogP contribution in [0.25, 0.3) is 0 Å². The summed E-state index contributed by atoms with van der Waals surface area (Å²) in [4.78, 5) is 0. The smallest absolute Gasteiger partial charge is 0.0567 e. The minimum Gasteiger partial charge on any atom is -0.138 e. The fourth-order valence-electron chi connectivity index (χ4n) is 0.270. The average molecular weight is 146 g/mol. The van der Waals surface area contributed by atoms with Gasteiger partial charge in [0.25, 0.3) is 0 Å². The molecule has 1 heterocycles. The lowest BCUT2D eigenvalue weighted by molar-refractivity contribution is 1.50. The molecule has 0 N–H and O–H groups in total. The molecule has 0 aliphatic carbocycles. The highest BCUT2D eigenvalue weighted by molar-refractivity contribution is 7.82. The molecule has 0 bridgehead atoms. The first kappa shape index (κ1) is 8.05. The first-order valence-corrected chi connectivity index (χ1v) is 3.95. The van der Waals surface area contributed by atoms with Gasteiger partial charge in [0.15, 0.2) is 0 Å². The second kappa shape index (κ2) is 5.19. The van der Waals surface area contributed by atoms with Gasteiger partial charge in [-0.15, -0.1) is 24.0 Å². The van der Waals surface area contributed by atoms with Crippen molar-refractivity contribution in [3.63, 3.8) is 0 Å². The molecular formula is C6H10S2. The van der Waals surface area contributed by atoms with Crippen molar-refractivity contribution < 1.29 is 0 Å². The Kier molecular flexibility index (Phi) is 5.22. The highest BCUT2D eigenvalue weighted by atomic mass is 32.2. The van der Waals surface area contributed by atoms with Crippen LogP contribution in [-0.4, -0.2) is 0 Å². The molecule has 0 saturated carbocycles. The van der Waals surface area contributed by atoms with E-state index in [0.29, 0.717) is 0 Å². The largest absolute Gasteiger partial charge is 0.138 e. The summed E-state index contributed by atoms with van der Waals surface area (Å²) < 4.78 is 1.08. The van der Waals surface area contributed by atoms with Crippen molar-refractivity contribution in [1.82, 2.24) is 0 Å². The number of rotatable bonds is 0. The molecule has 0 atom stereocenters. The molecule has 0 nitrogen and oxygen atoms in total. The quantitative estimate of drug-likeness (QED) is 0.534. The topological polar surface area (TPSA) is 0 Å². The van der Waals surface area contributed by atoms with Crippen LogP contribution in [0.15, 0.2) is 21.7 Å². The fraction of sp³-hybridized carbons (Fsp3) is 0.333. The summed E-state index contributed by atoms with van der Waals surface area (Å²) in [6, 6.07) is 3.95. The second-order valence-electron chi connectivity index (χ2n) is 0.951. The van der Waals surface area contributed by atoms with Gasteiger partial charge in [0.2, 0.25) is 0 Å². The van der Waals surface area contributed by atoms with Crippen LogP contribution < -0.4 is 0 Å². The molecular weight excluding hydrogens is 136 g/mol. The standard InChI is InChI=1S/C4H4S2.C2H6/c5-4-2-1-3-6-4;1-2/h1-3,5H;1-2H3. The van der Waals surface area contributed by atoms with Gasteiger partial charge < -0.3 is 0 Å². The molecule has 0 saturated heterocycles. The Balaban J connectivity index is 0.000000222. The molecule has 0 aliphatic heterocycles. The third-order valence-electron chi connectivity index (χ3n) is 0.506. The van der Waals surface area contributed by atoms with E-state index in [4.69, 9.17) is 0 Å². The van der Waals surface area contributed by atoms with Crippen LogP contribution in [0.2, 0.25) is 0 Å². The zero-order valence-corrected chi connectivity index (χ0v) is 6.80. The number of hydrogen-bond acceptors (Lipinski definition) is 2. The third kappa shape index (κ3) is 3.10. The Morgan fingerprint density at radius 2 is 2.12 bits per heavy atom. The SMILES string of the molecule is CC.Sc1cccs1. The van der Waals surface area contributed by atoms with E-state index in [9.17, 15) is 0 Å². The van der Waals surface area contributed by atoms with Gasteiger partial charge in [-0.05, 0) is 11.4 Å². The molecule has 0 unspecified atom stereocenters. The van der Waals surface area contributed by atoms with Crippen molar-refractivity contribution in [2.24, 2.45) is 0 Å². The van der Waals surface area contributed by atoms with Gasteiger partial charge in [-0.1, -0.05) is 19.9 Å². The van der Waals surface area contributed by atoms with E-state index in [1.165, 1.54) is 0 Å². The van der Waals surface area contributed by atoms with E-state index in [1.54, 1.807) is 11.3 Å². The normalized spacial score (nSPS) is 7.38. The molecule has 0 aliphatic rings. The van der Waals surface area contributed by atoms with Gasteiger partial charge in [0.05, 0.1) is 4.21 Å². The zero-order valence-electron chi connectivity index (χ0n) is 5.09. The molecule has 1 rings (SSSR count). The first-order valence-electron chi connectivity index (χ1n) is 2.62. The van der Waals surface area contributed by atoms with Gasteiger partial charge in [0, 0.05) is 0 Å². The van der Waals surface area contributed by atoms with Crippen LogP contribution in [-0.2, 0) is 0 Å². The number of hydrogen-bond donors (Lipinski definition) is 1. The Morgan fingerprint density at radius 3 is 2.25 bits per heavy atom. The molecule has 0 radical (unpaired) electrons. The summed E-state index contributed by atoms with van der Waals surface area (Å²) in [5.74, 6) is 0. The highest BCUT2D eigenvalue weighted by Gasteiger charge is 1.75. The lowest BCUT2D eigenvalue weighted by Gasteiger charge is -1.64. The summed E-state index contributed by atoms with van der Waals surface area (Å²) in [5, 5.41) is 2.00. The van der Waals surface area contributed by atoms with Crippen molar-refractivity contribution in [2.45, 2.75) is 18.1 Å². The Hall–Kier alpha value is 0.0500. The maximum Gasteiger partial charge on any atom is 0.0567 e. The average Bonchev–Trinajstić information content (AvgIpc) is 2.24. The van der Waals surface area contributed by atoms with E-state index < -0.39 is 0 Å². The summed E-state index contributed by atoms with van der Waals surface area (Å²) in [5.41, 5.74) is 0. The maximum atomic E-state index is 4.05. The van der Waals surface area contributed by atoms with Gasteiger partial charge in [-0.2, -0.15) is 0 Å². The Bertz CT molecular complexity index is 110. The monoisotopic (exact) mass is 146 g/mol. The molecule has 1 aromatic rings. The summed E-state index contributed by atoms with van der Waals surface area (Å²) in [7, 11) is 0. The number of thiophene rings is 1. The van der Waals surface area contributed by atoms with Crippen LogP contribution in [0.5, 0.6) is 0 Å². The van der Waals surface area contributed by atoms with Gasteiger partial charge in [-0.25, -0.2) is 0 Å². The van der Waals surface area contributed by atoms with Crippen LogP contribution in [0, 0.1) is 0 Å². The van der Waals surface area contributed by atoms with E-state index in [0.717, 1.165) is 4.21 Å². The lowest BCUT2D eigenvalue weighted by Crippen LogP contribution is -1.32. The van der Waals surface area contributed by atoms with Gasteiger partial charge in [-0.3, -0.25) is 0 Å². The molecule has 0 amide bonds. The van der Waals surface area contributed by atoms with Crippen molar-refractivity contribution in [3.8, 4) is 0 Å². The van der Waals surface area contributed by atoms with Gasteiger partial charge >= 0.3 is 0 Å². The Labute approximate surface area is 60.0 Å². The third-order valence-corrected chi connectivity index (χ3v) is 1.64. The summed E-state index contributed by atoms with van der Waals surface area (Å²) >= 11 is 5.70. The fourth-order valence-corrected chi connectivity index (χ4v) is 0.992. The molecule has 0 spiro atoms. The minimum atomic E-state index is 1.08.